The van der Waals surface area contributed by atoms with E-state index in [0.717, 1.165) is 19.3 Å². The van der Waals surface area contributed by atoms with Gasteiger partial charge in [0.15, 0.2) is 12.6 Å². The molecule has 0 aliphatic carbocycles. The number of unbranched alkanes of at least 4 members (excludes halogenated alkanes) is 11. The van der Waals surface area contributed by atoms with Gasteiger partial charge in [0, 0.05) is 37.3 Å². The van der Waals surface area contributed by atoms with Gasteiger partial charge in [-0.05, 0) is 87.7 Å². The van der Waals surface area contributed by atoms with Crippen LogP contribution in [0.25, 0.3) is 0 Å². The maximum absolute atomic E-state index is 14.5. The van der Waals surface area contributed by atoms with Crippen LogP contribution in [-0.4, -0.2) is 154 Å². The molecule has 66 heavy (non-hydrogen) atoms. The Morgan fingerprint density at radius 2 is 1.35 bits per heavy atom. The molecular weight excluding hydrogens is 849 g/mol. The number of hydrogen-bond donors (Lipinski definition) is 5. The van der Waals surface area contributed by atoms with Crippen LogP contribution >= 0.6 is 0 Å². The minimum Gasteiger partial charge on any atom is -0.459 e. The molecule has 3 aliphatic heterocycles. The summed E-state index contributed by atoms with van der Waals surface area (Å²) >= 11 is 0. The number of likely N-dealkylation sites (N-methyl/N-ethyl adjacent to an activating group) is 1. The first kappa shape index (κ1) is 58.8. The van der Waals surface area contributed by atoms with Gasteiger partial charge in [-0.15, -0.1) is 0 Å². The van der Waals surface area contributed by atoms with Crippen LogP contribution in [-0.2, 0) is 38.1 Å². The smallest absolute Gasteiger partial charge is 0.311 e. The number of carbonyl (C=O) groups is 1. The van der Waals surface area contributed by atoms with E-state index in [4.69, 9.17) is 33.3 Å². The molecule has 15 heteroatoms. The summed E-state index contributed by atoms with van der Waals surface area (Å²) in [4.78, 5) is 22.4. The average molecular weight is 945 g/mol. The van der Waals surface area contributed by atoms with Gasteiger partial charge < -0.3 is 63.7 Å². The highest BCUT2D eigenvalue weighted by atomic mass is 16.7. The molecular formula is C51H96N2O13. The SMILES string of the molecule is CCCCCCCCCCCCCCO/N=C1\[C@H](C)CC(C)(O)[C@H](O[C@@H]2O[C@H](C)C[C@H](N(C)C)[C@H]2O)[C@@H](C)[C@H](OC2C[C@@](C)(OC)[C@@H](O)[C@H](C)O2)[C@@H](C)C(=O)O[C@H](CC)[C@@](C)(O)[C@H](O)[C@H]1C. The van der Waals surface area contributed by atoms with Crippen LogP contribution < -0.4 is 0 Å². The predicted molar refractivity (Wildman–Crippen MR) is 256 cm³/mol. The fourth-order valence-corrected chi connectivity index (χ4v) is 10.7. The molecule has 3 fully saturated rings. The standard InChI is InChI=1S/C51H96N2O13/c1-15-17-18-19-20-21-22-23-24-25-26-27-28-61-52-41-32(3)30-49(9,58)46(66-48-42(54)38(53(12)13)29-33(4)62-48)35(6)43(65-40-31-50(10,60-14)45(56)37(8)63-40)36(7)47(57)64-39(16-2)51(11,59)44(55)34(41)5/h32-40,42-46,48,54-56,58-59H,15-31H2,1-14H3/b52-41+/t32-,33-,34+,35+,36-,37+,38+,39-,40?,42-,43+,44-,45+,46-,48+,49?,50-,51-/m1/s1. The van der Waals surface area contributed by atoms with E-state index in [2.05, 4.69) is 12.1 Å². The number of hydrogen-bond acceptors (Lipinski definition) is 15. The normalized spacial score (nSPS) is 41.7. The summed E-state index contributed by atoms with van der Waals surface area (Å²) in [6, 6.07) is -0.310. The van der Waals surface area contributed by atoms with Crippen LogP contribution in [0.2, 0.25) is 0 Å². The molecule has 0 aromatic rings. The average Bonchev–Trinajstić information content (AvgIpc) is 3.26. The van der Waals surface area contributed by atoms with E-state index in [9.17, 15) is 30.3 Å². The second-order valence-electron chi connectivity index (χ2n) is 21.3. The molecule has 18 atom stereocenters. The molecule has 2 unspecified atom stereocenters. The van der Waals surface area contributed by atoms with E-state index < -0.39 is 102 Å². The van der Waals surface area contributed by atoms with Crippen molar-refractivity contribution in [3.05, 3.63) is 0 Å². The van der Waals surface area contributed by atoms with E-state index in [-0.39, 0.29) is 31.4 Å². The molecule has 0 spiro atoms. The topological polar surface area (TPSA) is 198 Å². The number of esters is 1. The summed E-state index contributed by atoms with van der Waals surface area (Å²) in [5.74, 6) is -3.90. The zero-order valence-corrected chi connectivity index (χ0v) is 43.6. The van der Waals surface area contributed by atoms with Crippen LogP contribution in [0.3, 0.4) is 0 Å². The number of methoxy groups -OCH3 is 1. The number of cyclic esters (lactones) is 1. The van der Waals surface area contributed by atoms with Crippen molar-refractivity contribution in [3.63, 3.8) is 0 Å². The lowest BCUT2D eigenvalue weighted by Crippen LogP contribution is -2.61. The Morgan fingerprint density at radius 1 is 0.773 bits per heavy atom. The van der Waals surface area contributed by atoms with Crippen LogP contribution in [0, 0.1) is 23.7 Å². The molecule has 3 heterocycles. The monoisotopic (exact) mass is 945 g/mol. The summed E-state index contributed by atoms with van der Waals surface area (Å²) in [5.41, 5.74) is -4.27. The predicted octanol–water partition coefficient (Wildman–Crippen LogP) is 7.29. The summed E-state index contributed by atoms with van der Waals surface area (Å²) in [5, 5.41) is 64.5. The van der Waals surface area contributed by atoms with Gasteiger partial charge in [-0.1, -0.05) is 104 Å². The Bertz CT molecular complexity index is 1430. The van der Waals surface area contributed by atoms with Gasteiger partial charge in [0.05, 0.1) is 53.4 Å². The second kappa shape index (κ2) is 27.2. The number of aliphatic hydroxyl groups is 5. The fraction of sp³-hybridized carbons (Fsp3) is 0.961. The first-order valence-electron chi connectivity index (χ1n) is 25.7. The number of ether oxygens (including phenoxy) is 6. The molecule has 15 nitrogen and oxygen atoms in total. The van der Waals surface area contributed by atoms with Crippen LogP contribution in [0.5, 0.6) is 0 Å². The van der Waals surface area contributed by atoms with E-state index in [1.807, 2.05) is 39.8 Å². The van der Waals surface area contributed by atoms with Gasteiger partial charge in [-0.2, -0.15) is 0 Å². The number of nitrogens with zero attached hydrogens (tertiary/aromatic N) is 2. The molecule has 0 bridgehead atoms. The molecule has 5 N–H and O–H groups in total. The molecule has 0 aromatic carbocycles. The Morgan fingerprint density at radius 3 is 1.89 bits per heavy atom. The van der Waals surface area contributed by atoms with Gasteiger partial charge in [0.2, 0.25) is 0 Å². The third-order valence-corrected chi connectivity index (χ3v) is 15.1. The molecule has 0 saturated carbocycles. The Kier molecular flexibility index (Phi) is 24.2. The molecule has 0 radical (unpaired) electrons. The van der Waals surface area contributed by atoms with Crippen molar-refractivity contribution in [2.75, 3.05) is 27.8 Å². The maximum atomic E-state index is 14.5. The zero-order chi connectivity index (χ0) is 49.6. The van der Waals surface area contributed by atoms with E-state index in [0.29, 0.717) is 18.7 Å². The molecule has 3 aliphatic rings. The van der Waals surface area contributed by atoms with Gasteiger partial charge in [0.25, 0.3) is 0 Å². The second-order valence-corrected chi connectivity index (χ2v) is 21.3. The third kappa shape index (κ3) is 16.0. The number of carbonyl (C=O) groups excluding carboxylic acids is 1. The van der Waals surface area contributed by atoms with Gasteiger partial charge >= 0.3 is 5.97 Å². The van der Waals surface area contributed by atoms with Crippen molar-refractivity contribution in [1.29, 1.82) is 0 Å². The first-order chi connectivity index (χ1) is 31.0. The van der Waals surface area contributed by atoms with Crippen molar-refractivity contribution in [1.82, 2.24) is 4.90 Å². The summed E-state index contributed by atoms with van der Waals surface area (Å²) in [6.45, 7) is 20.0. The highest BCUT2D eigenvalue weighted by molar-refractivity contribution is 5.88. The minimum atomic E-state index is -1.92. The van der Waals surface area contributed by atoms with E-state index >= 15 is 0 Å². The molecule has 388 valence electrons. The van der Waals surface area contributed by atoms with Crippen molar-refractivity contribution in [2.45, 2.75) is 263 Å². The lowest BCUT2D eigenvalue weighted by Gasteiger charge is -2.49. The maximum Gasteiger partial charge on any atom is 0.311 e. The van der Waals surface area contributed by atoms with Crippen LogP contribution in [0.1, 0.15) is 179 Å². The van der Waals surface area contributed by atoms with Crippen molar-refractivity contribution < 1.29 is 63.6 Å². The highest BCUT2D eigenvalue weighted by Crippen LogP contribution is 2.41. The number of rotatable bonds is 21. The lowest BCUT2D eigenvalue weighted by molar-refractivity contribution is -0.317. The van der Waals surface area contributed by atoms with E-state index in [1.54, 1.807) is 41.5 Å². The minimum absolute atomic E-state index is 0.0329. The molecule has 0 aromatic heterocycles. The molecule has 0 amide bonds. The fourth-order valence-electron chi connectivity index (χ4n) is 10.7. The van der Waals surface area contributed by atoms with Gasteiger partial charge in [-0.25, -0.2) is 0 Å². The Balaban J connectivity index is 2.02. The van der Waals surface area contributed by atoms with Crippen molar-refractivity contribution in [3.8, 4) is 0 Å². The summed E-state index contributed by atoms with van der Waals surface area (Å²) in [6.07, 6.45) is 5.39. The lowest BCUT2D eigenvalue weighted by atomic mass is 9.73. The largest absolute Gasteiger partial charge is 0.459 e. The van der Waals surface area contributed by atoms with Gasteiger partial charge in [-0.3, -0.25) is 4.79 Å². The quantitative estimate of drug-likeness (QED) is 0.0437. The van der Waals surface area contributed by atoms with Crippen LogP contribution in [0.4, 0.5) is 0 Å². The number of aliphatic hydroxyl groups excluding tert-OH is 3. The van der Waals surface area contributed by atoms with E-state index in [1.165, 1.54) is 71.8 Å². The van der Waals surface area contributed by atoms with Crippen molar-refractivity contribution in [2.24, 2.45) is 28.8 Å². The molecule has 3 rings (SSSR count). The summed E-state index contributed by atoms with van der Waals surface area (Å²) in [7, 11) is 5.28. The Hall–Kier alpha value is -1.50. The molecule has 3 saturated heterocycles. The highest BCUT2D eigenvalue weighted by Gasteiger charge is 2.53. The Labute approximate surface area is 399 Å². The number of oxime groups is 1. The van der Waals surface area contributed by atoms with Gasteiger partial charge in [0.1, 0.15) is 30.5 Å². The summed E-state index contributed by atoms with van der Waals surface area (Å²) < 4.78 is 38.0. The zero-order valence-electron chi connectivity index (χ0n) is 43.6. The third-order valence-electron chi connectivity index (χ3n) is 15.1. The van der Waals surface area contributed by atoms with Crippen molar-refractivity contribution >= 4 is 11.7 Å². The first-order valence-corrected chi connectivity index (χ1v) is 25.7. The van der Waals surface area contributed by atoms with Crippen LogP contribution in [0.15, 0.2) is 5.16 Å².